The molecule has 10 heteroatoms. The highest BCUT2D eigenvalue weighted by Crippen LogP contribution is 2.30. The number of H-pyrrole nitrogens is 2. The average molecular weight is 585 g/mol. The van der Waals surface area contributed by atoms with Crippen LogP contribution in [0.4, 0.5) is 0 Å². The summed E-state index contributed by atoms with van der Waals surface area (Å²) in [5.74, 6) is -2.42. The summed E-state index contributed by atoms with van der Waals surface area (Å²) in [6, 6.07) is 0. The number of nitrogens with zero attached hydrogens (tertiary/aromatic N) is 2. The maximum atomic E-state index is 12.3. The molecule has 4 heterocycles. The third-order valence-electron chi connectivity index (χ3n) is 8.32. The van der Waals surface area contributed by atoms with Gasteiger partial charge in [-0.3, -0.25) is 19.2 Å². The normalized spacial score (nSPS) is 15.0. The predicted octanol–water partition coefficient (Wildman–Crippen LogP) is 4.64. The number of amides is 2. The van der Waals surface area contributed by atoms with Crippen LogP contribution in [0.1, 0.15) is 71.7 Å². The molecule has 2 aliphatic rings. The van der Waals surface area contributed by atoms with Crippen molar-refractivity contribution in [3.8, 4) is 0 Å². The molecule has 224 valence electrons. The lowest BCUT2D eigenvalue weighted by molar-refractivity contribution is -0.138. The molecule has 43 heavy (non-hydrogen) atoms. The minimum atomic E-state index is -0.917. The summed E-state index contributed by atoms with van der Waals surface area (Å²) in [4.78, 5) is 62.9. The number of aromatic amines is 2. The van der Waals surface area contributed by atoms with Crippen LogP contribution in [-0.2, 0) is 51.3 Å². The van der Waals surface area contributed by atoms with E-state index in [1.165, 1.54) is 0 Å². The highest BCUT2D eigenvalue weighted by atomic mass is 16.4. The van der Waals surface area contributed by atoms with Gasteiger partial charge in [-0.2, -0.15) is 0 Å². The monoisotopic (exact) mass is 584 g/mol. The standard InChI is InChI=1S/C33H36N4O6/c1-7-20-18(5)32(42)36-26(20)13-24-16(3)22(9-11-30(38)39)28(34-24)15-29-23(10-12-31(40)41)17(4)25(35-29)14-27-21(8-2)19(6)33(43)37-27/h7-8,34-35H,1-2,9-15H2,3-6H3,(H,38,39)(H,40,41). The van der Waals surface area contributed by atoms with Gasteiger partial charge in [0.25, 0.3) is 11.8 Å². The second-order valence-electron chi connectivity index (χ2n) is 10.9. The Balaban J connectivity index is 1.74. The van der Waals surface area contributed by atoms with Gasteiger partial charge in [0.1, 0.15) is 0 Å². The molecule has 4 N–H and O–H groups in total. The lowest BCUT2D eigenvalue weighted by atomic mass is 9.96. The molecule has 2 aromatic rings. The van der Waals surface area contributed by atoms with Crippen molar-refractivity contribution in [2.24, 2.45) is 9.98 Å². The van der Waals surface area contributed by atoms with Crippen LogP contribution < -0.4 is 0 Å². The van der Waals surface area contributed by atoms with Crippen LogP contribution in [0.25, 0.3) is 0 Å². The third-order valence-corrected chi connectivity index (χ3v) is 8.32. The first-order valence-electron chi connectivity index (χ1n) is 14.1. The first kappa shape index (κ1) is 31.1. The van der Waals surface area contributed by atoms with Crippen LogP contribution in [0.2, 0.25) is 0 Å². The molecule has 0 bridgehead atoms. The summed E-state index contributed by atoms with van der Waals surface area (Å²) in [6.07, 6.45) is 4.78. The van der Waals surface area contributed by atoms with Gasteiger partial charge < -0.3 is 20.2 Å². The maximum absolute atomic E-state index is 12.3. The van der Waals surface area contributed by atoms with E-state index in [9.17, 15) is 29.4 Å². The van der Waals surface area contributed by atoms with Crippen molar-refractivity contribution in [2.75, 3.05) is 0 Å². The van der Waals surface area contributed by atoms with Crippen LogP contribution >= 0.6 is 0 Å². The van der Waals surface area contributed by atoms with E-state index in [4.69, 9.17) is 0 Å². The smallest absolute Gasteiger partial charge is 0.303 e. The summed E-state index contributed by atoms with van der Waals surface area (Å²) >= 11 is 0. The minimum Gasteiger partial charge on any atom is -0.481 e. The highest BCUT2D eigenvalue weighted by Gasteiger charge is 2.27. The zero-order valence-corrected chi connectivity index (χ0v) is 24.9. The molecule has 0 saturated heterocycles. The van der Waals surface area contributed by atoms with Crippen LogP contribution in [-0.4, -0.2) is 55.4 Å². The Hall–Kier alpha value is -4.86. The zero-order chi connectivity index (χ0) is 31.6. The lowest BCUT2D eigenvalue weighted by Crippen LogP contribution is -2.05. The summed E-state index contributed by atoms with van der Waals surface area (Å²) in [6.45, 7) is 14.9. The van der Waals surface area contributed by atoms with Gasteiger partial charge in [-0.1, -0.05) is 25.3 Å². The maximum Gasteiger partial charge on any atom is 0.303 e. The number of carbonyl (C=O) groups is 4. The molecule has 0 unspecified atom stereocenters. The number of nitrogens with one attached hydrogen (secondary N) is 2. The van der Waals surface area contributed by atoms with Gasteiger partial charge in [-0.15, -0.1) is 0 Å². The summed E-state index contributed by atoms with van der Waals surface area (Å²) < 4.78 is 0. The molecule has 0 aliphatic carbocycles. The zero-order valence-electron chi connectivity index (χ0n) is 24.9. The molecule has 0 saturated carbocycles. The van der Waals surface area contributed by atoms with E-state index in [0.29, 0.717) is 65.8 Å². The molecule has 0 spiro atoms. The fraction of sp³-hybridized carbons (Fsp3) is 0.333. The minimum absolute atomic E-state index is 0.0633. The molecule has 2 aromatic heterocycles. The third kappa shape index (κ3) is 6.33. The van der Waals surface area contributed by atoms with Crippen molar-refractivity contribution in [2.45, 2.75) is 72.6 Å². The van der Waals surface area contributed by atoms with Gasteiger partial charge in [0.2, 0.25) is 0 Å². The van der Waals surface area contributed by atoms with Crippen molar-refractivity contribution in [3.63, 3.8) is 0 Å². The number of allylic oxidation sites excluding steroid dienone is 4. The number of hydrogen-bond acceptors (Lipinski definition) is 4. The van der Waals surface area contributed by atoms with Gasteiger partial charge >= 0.3 is 11.9 Å². The van der Waals surface area contributed by atoms with Gasteiger partial charge in [0, 0.05) is 77.2 Å². The quantitative estimate of drug-likeness (QED) is 0.253. The number of carbonyl (C=O) groups excluding carboxylic acids is 2. The number of rotatable bonds is 14. The fourth-order valence-electron chi connectivity index (χ4n) is 5.84. The number of aromatic nitrogens is 2. The second kappa shape index (κ2) is 12.6. The molecular formula is C33H36N4O6. The molecule has 0 aromatic carbocycles. The van der Waals surface area contributed by atoms with Gasteiger partial charge in [0.05, 0.1) is 11.4 Å². The number of aliphatic carboxylic acids is 2. The molecule has 4 rings (SSSR count). The Labute approximate surface area is 249 Å². The van der Waals surface area contributed by atoms with Crippen molar-refractivity contribution in [1.29, 1.82) is 0 Å². The highest BCUT2D eigenvalue weighted by molar-refractivity contribution is 6.21. The largest absolute Gasteiger partial charge is 0.481 e. The van der Waals surface area contributed by atoms with E-state index in [1.54, 1.807) is 26.0 Å². The van der Waals surface area contributed by atoms with E-state index in [-0.39, 0.29) is 24.7 Å². The Morgan fingerprint density at radius 1 is 0.674 bits per heavy atom. The molecular weight excluding hydrogens is 548 g/mol. The van der Waals surface area contributed by atoms with E-state index < -0.39 is 11.9 Å². The van der Waals surface area contributed by atoms with Crippen LogP contribution in [0.15, 0.2) is 57.6 Å². The van der Waals surface area contributed by atoms with Gasteiger partial charge in [-0.25, -0.2) is 9.98 Å². The molecule has 2 amide bonds. The van der Waals surface area contributed by atoms with Crippen LogP contribution in [0, 0.1) is 13.8 Å². The number of carboxylic acid groups (broad SMARTS) is 2. The van der Waals surface area contributed by atoms with Gasteiger partial charge in [0.15, 0.2) is 0 Å². The fourth-order valence-corrected chi connectivity index (χ4v) is 5.84. The topological polar surface area (TPSA) is 165 Å². The predicted molar refractivity (Wildman–Crippen MR) is 164 cm³/mol. The Morgan fingerprint density at radius 3 is 1.37 bits per heavy atom. The van der Waals surface area contributed by atoms with E-state index in [2.05, 4.69) is 33.1 Å². The first-order chi connectivity index (χ1) is 20.4. The van der Waals surface area contributed by atoms with Gasteiger partial charge in [-0.05, 0) is 62.8 Å². The van der Waals surface area contributed by atoms with E-state index >= 15 is 0 Å². The van der Waals surface area contributed by atoms with E-state index in [1.807, 2.05) is 13.8 Å². The van der Waals surface area contributed by atoms with Crippen molar-refractivity contribution < 1.29 is 29.4 Å². The summed E-state index contributed by atoms with van der Waals surface area (Å²) in [7, 11) is 0. The molecule has 10 nitrogen and oxygen atoms in total. The number of carboxylic acids is 2. The SMILES string of the molecule is C=CC1=C(C)C(=O)N=C1Cc1[nH]c(Cc2[nH]c(CC3=NC(=O)C(C)=C3C=C)c(C)c2CCC(=O)O)c(CCC(=O)O)c1C. The van der Waals surface area contributed by atoms with Crippen molar-refractivity contribution in [3.05, 3.63) is 92.6 Å². The second-order valence-corrected chi connectivity index (χ2v) is 10.9. The van der Waals surface area contributed by atoms with Crippen molar-refractivity contribution >= 4 is 35.2 Å². The molecule has 0 atom stereocenters. The summed E-state index contributed by atoms with van der Waals surface area (Å²) in [5.41, 5.74) is 10.4. The molecule has 0 radical (unpaired) electrons. The van der Waals surface area contributed by atoms with Crippen LogP contribution in [0.3, 0.4) is 0 Å². The first-order valence-corrected chi connectivity index (χ1v) is 14.1. The number of hydrogen-bond donors (Lipinski definition) is 4. The number of aliphatic imine (C=N–C) groups is 2. The summed E-state index contributed by atoms with van der Waals surface area (Å²) in [5, 5.41) is 18.9. The van der Waals surface area contributed by atoms with Crippen LogP contribution in [0.5, 0.6) is 0 Å². The van der Waals surface area contributed by atoms with E-state index in [0.717, 1.165) is 45.0 Å². The molecule has 2 aliphatic heterocycles. The Bertz CT molecular complexity index is 1580. The lowest BCUT2D eigenvalue weighted by Gasteiger charge is -2.07. The van der Waals surface area contributed by atoms with Crippen molar-refractivity contribution in [1.82, 2.24) is 9.97 Å². The molecule has 0 fully saturated rings. The Morgan fingerprint density at radius 2 is 1.05 bits per heavy atom. The average Bonchev–Trinajstić information content (AvgIpc) is 3.59. The Kier molecular flexibility index (Phi) is 9.08.